The summed E-state index contributed by atoms with van der Waals surface area (Å²) in [6, 6.07) is 0.951. The number of carbonyl (C=O) groups is 1. The molecule has 0 aromatic carbocycles. The van der Waals surface area contributed by atoms with Gasteiger partial charge >= 0.3 is 5.97 Å². The quantitative estimate of drug-likeness (QED) is 0.794. The number of carbonyl (C=O) groups excluding carboxylic acids is 1. The highest BCUT2D eigenvalue weighted by Gasteiger charge is 2.41. The largest absolute Gasteiger partial charge is 0.461 e. The predicted octanol–water partition coefficient (Wildman–Crippen LogP) is 3.28. The van der Waals surface area contributed by atoms with Crippen molar-refractivity contribution in [1.82, 2.24) is 5.32 Å². The molecule has 2 fully saturated rings. The standard InChI is InChI=1S/C16H29NO2/c1-4-5-7-13-8-6-9-15-14(13)10-16(11(2)17-15)19-12(3)18/h11,13-17H,4-10H2,1-3H3/t11-,13+,14-,15+,16+/m0/s1. The minimum absolute atomic E-state index is 0.0703. The number of ether oxygens (including phenoxy) is 1. The van der Waals surface area contributed by atoms with Crippen molar-refractivity contribution < 1.29 is 9.53 Å². The van der Waals surface area contributed by atoms with Crippen molar-refractivity contribution in [1.29, 1.82) is 0 Å². The van der Waals surface area contributed by atoms with Gasteiger partial charge in [-0.25, -0.2) is 0 Å². The maximum absolute atomic E-state index is 11.2. The van der Waals surface area contributed by atoms with Crippen LogP contribution in [0.25, 0.3) is 0 Å². The van der Waals surface area contributed by atoms with Crippen LogP contribution in [-0.4, -0.2) is 24.2 Å². The molecule has 0 aromatic heterocycles. The molecule has 3 heteroatoms. The molecule has 0 unspecified atom stereocenters. The Morgan fingerprint density at radius 2 is 2.16 bits per heavy atom. The molecule has 1 N–H and O–H groups in total. The molecule has 0 aromatic rings. The molecule has 0 spiro atoms. The van der Waals surface area contributed by atoms with Gasteiger partial charge in [0.15, 0.2) is 0 Å². The number of esters is 1. The first-order valence-corrected chi connectivity index (χ1v) is 8.05. The lowest BCUT2D eigenvalue weighted by atomic mass is 9.68. The van der Waals surface area contributed by atoms with E-state index in [0.29, 0.717) is 18.0 Å². The Hall–Kier alpha value is -0.570. The second-order valence-electron chi connectivity index (χ2n) is 6.44. The predicted molar refractivity (Wildman–Crippen MR) is 76.9 cm³/mol. The second kappa shape index (κ2) is 6.74. The average Bonchev–Trinajstić information content (AvgIpc) is 2.36. The zero-order valence-corrected chi connectivity index (χ0v) is 12.7. The highest BCUT2D eigenvalue weighted by molar-refractivity contribution is 5.66. The number of hydrogen-bond acceptors (Lipinski definition) is 3. The fraction of sp³-hybridized carbons (Fsp3) is 0.938. The molecular formula is C16H29NO2. The normalized spacial score (nSPS) is 38.6. The van der Waals surface area contributed by atoms with Gasteiger partial charge in [0.2, 0.25) is 0 Å². The number of nitrogens with one attached hydrogen (secondary N) is 1. The molecule has 0 bridgehead atoms. The van der Waals surface area contributed by atoms with Crippen LogP contribution >= 0.6 is 0 Å². The molecule has 1 aliphatic heterocycles. The van der Waals surface area contributed by atoms with Crippen molar-refractivity contribution in [3.05, 3.63) is 0 Å². The van der Waals surface area contributed by atoms with Crippen LogP contribution in [0, 0.1) is 11.8 Å². The summed E-state index contributed by atoms with van der Waals surface area (Å²) in [5.41, 5.74) is 0. The van der Waals surface area contributed by atoms with E-state index in [2.05, 4.69) is 19.2 Å². The first-order valence-electron chi connectivity index (χ1n) is 8.05. The van der Waals surface area contributed by atoms with E-state index < -0.39 is 0 Å². The Morgan fingerprint density at radius 1 is 1.37 bits per heavy atom. The zero-order valence-electron chi connectivity index (χ0n) is 12.7. The molecule has 1 saturated heterocycles. The number of hydrogen-bond donors (Lipinski definition) is 1. The van der Waals surface area contributed by atoms with Gasteiger partial charge in [-0.1, -0.05) is 39.0 Å². The third kappa shape index (κ3) is 3.71. The molecule has 0 amide bonds. The summed E-state index contributed by atoms with van der Waals surface area (Å²) >= 11 is 0. The monoisotopic (exact) mass is 267 g/mol. The Morgan fingerprint density at radius 3 is 2.84 bits per heavy atom. The smallest absolute Gasteiger partial charge is 0.302 e. The van der Waals surface area contributed by atoms with Crippen molar-refractivity contribution in [3.8, 4) is 0 Å². The summed E-state index contributed by atoms with van der Waals surface area (Å²) in [7, 11) is 0. The topological polar surface area (TPSA) is 38.3 Å². The van der Waals surface area contributed by atoms with Crippen molar-refractivity contribution in [2.24, 2.45) is 11.8 Å². The molecule has 3 nitrogen and oxygen atoms in total. The number of unbranched alkanes of at least 4 members (excludes halogenated alkanes) is 1. The molecule has 110 valence electrons. The van der Waals surface area contributed by atoms with Gasteiger partial charge in [0.1, 0.15) is 6.10 Å². The molecule has 19 heavy (non-hydrogen) atoms. The van der Waals surface area contributed by atoms with Crippen LogP contribution in [0.5, 0.6) is 0 Å². The summed E-state index contributed by atoms with van der Waals surface area (Å²) in [4.78, 5) is 11.2. The first-order chi connectivity index (χ1) is 9.11. The van der Waals surface area contributed by atoms with E-state index in [-0.39, 0.29) is 12.1 Å². The summed E-state index contributed by atoms with van der Waals surface area (Å²) in [5.74, 6) is 1.40. The van der Waals surface area contributed by atoms with Crippen LogP contribution in [0.3, 0.4) is 0 Å². The van der Waals surface area contributed by atoms with E-state index >= 15 is 0 Å². The van der Waals surface area contributed by atoms with E-state index in [4.69, 9.17) is 4.74 Å². The van der Waals surface area contributed by atoms with E-state index in [1.807, 2.05) is 0 Å². The van der Waals surface area contributed by atoms with Crippen molar-refractivity contribution in [2.75, 3.05) is 0 Å². The third-order valence-corrected chi connectivity index (χ3v) is 5.00. The SMILES string of the molecule is CCCC[C@@H]1CCC[C@H]2N[C@@H](C)[C@H](OC(C)=O)C[C@@H]12. The molecule has 2 rings (SSSR count). The van der Waals surface area contributed by atoms with Gasteiger partial charge < -0.3 is 10.1 Å². The highest BCUT2D eigenvalue weighted by Crippen LogP contribution is 2.40. The van der Waals surface area contributed by atoms with Gasteiger partial charge in [-0.3, -0.25) is 4.79 Å². The van der Waals surface area contributed by atoms with E-state index in [9.17, 15) is 4.79 Å². The zero-order chi connectivity index (χ0) is 13.8. The fourth-order valence-corrected chi connectivity index (χ4v) is 4.03. The maximum Gasteiger partial charge on any atom is 0.302 e. The fourth-order valence-electron chi connectivity index (χ4n) is 4.03. The summed E-state index contributed by atoms with van der Waals surface area (Å²) in [6.07, 6.45) is 9.11. The van der Waals surface area contributed by atoms with Crippen LogP contribution in [0.15, 0.2) is 0 Å². The number of fused-ring (bicyclic) bond motifs is 1. The maximum atomic E-state index is 11.2. The lowest BCUT2D eigenvalue weighted by Gasteiger charge is -2.47. The molecule has 1 aliphatic carbocycles. The Balaban J connectivity index is 1.99. The van der Waals surface area contributed by atoms with Crippen molar-refractivity contribution in [2.45, 2.75) is 83.9 Å². The van der Waals surface area contributed by atoms with Gasteiger partial charge in [-0.2, -0.15) is 0 Å². The van der Waals surface area contributed by atoms with Gasteiger partial charge in [0.25, 0.3) is 0 Å². The lowest BCUT2D eigenvalue weighted by Crippen LogP contribution is -2.57. The van der Waals surface area contributed by atoms with Gasteiger partial charge in [-0.15, -0.1) is 0 Å². The summed E-state index contributed by atoms with van der Waals surface area (Å²) < 4.78 is 5.50. The minimum atomic E-state index is -0.141. The third-order valence-electron chi connectivity index (χ3n) is 5.00. The molecule has 2 aliphatic rings. The Labute approximate surface area is 117 Å². The van der Waals surface area contributed by atoms with E-state index in [1.54, 1.807) is 0 Å². The van der Waals surface area contributed by atoms with Gasteiger partial charge in [-0.05, 0) is 31.6 Å². The van der Waals surface area contributed by atoms with Crippen LogP contribution in [0.2, 0.25) is 0 Å². The van der Waals surface area contributed by atoms with Crippen LogP contribution in [0.1, 0.15) is 65.7 Å². The van der Waals surface area contributed by atoms with E-state index in [0.717, 1.165) is 12.3 Å². The van der Waals surface area contributed by atoms with Gasteiger partial charge in [0, 0.05) is 19.0 Å². The summed E-state index contributed by atoms with van der Waals surface area (Å²) in [5, 5.41) is 3.70. The number of rotatable bonds is 4. The molecular weight excluding hydrogens is 238 g/mol. The highest BCUT2D eigenvalue weighted by atomic mass is 16.5. The Kier molecular flexibility index (Phi) is 5.26. The second-order valence-corrected chi connectivity index (χ2v) is 6.44. The minimum Gasteiger partial charge on any atom is -0.461 e. The van der Waals surface area contributed by atoms with Crippen LogP contribution in [0.4, 0.5) is 0 Å². The summed E-state index contributed by atoms with van der Waals surface area (Å²) in [6.45, 7) is 5.94. The van der Waals surface area contributed by atoms with Crippen LogP contribution in [-0.2, 0) is 9.53 Å². The van der Waals surface area contributed by atoms with Crippen LogP contribution < -0.4 is 5.32 Å². The number of piperidine rings is 1. The lowest BCUT2D eigenvalue weighted by molar-refractivity contribution is -0.151. The molecule has 1 heterocycles. The Bertz CT molecular complexity index is 305. The first kappa shape index (κ1) is 14.8. The average molecular weight is 267 g/mol. The van der Waals surface area contributed by atoms with Gasteiger partial charge in [0.05, 0.1) is 0 Å². The van der Waals surface area contributed by atoms with E-state index in [1.165, 1.54) is 45.4 Å². The van der Waals surface area contributed by atoms with Crippen molar-refractivity contribution in [3.63, 3.8) is 0 Å². The molecule has 5 atom stereocenters. The molecule has 0 radical (unpaired) electrons. The van der Waals surface area contributed by atoms with Crippen molar-refractivity contribution >= 4 is 5.97 Å². The molecule has 1 saturated carbocycles.